The van der Waals surface area contributed by atoms with Crippen LogP contribution in [0.5, 0.6) is 0 Å². The van der Waals surface area contributed by atoms with E-state index in [1.165, 1.54) is 18.2 Å². The summed E-state index contributed by atoms with van der Waals surface area (Å²) in [7, 11) is 0. The summed E-state index contributed by atoms with van der Waals surface area (Å²) in [6.45, 7) is 2.02. The fraction of sp³-hybridized carbons (Fsp3) is 0.0455. The average Bonchev–Trinajstić information content (AvgIpc) is 3.31. The number of nitrogens with one attached hydrogen (secondary N) is 1. The lowest BCUT2D eigenvalue weighted by Crippen LogP contribution is -1.89. The summed E-state index contributed by atoms with van der Waals surface area (Å²) < 4.78 is 28.3. The molecule has 4 nitrogen and oxygen atoms in total. The summed E-state index contributed by atoms with van der Waals surface area (Å²) in [4.78, 5) is 8.95. The Morgan fingerprint density at radius 2 is 1.76 bits per heavy atom. The highest BCUT2D eigenvalue weighted by molar-refractivity contribution is 7.15. The van der Waals surface area contributed by atoms with Crippen LogP contribution in [0.1, 0.15) is 4.88 Å². The lowest BCUT2D eigenvalue weighted by Gasteiger charge is -2.01. The molecule has 0 aliphatic heterocycles. The Kier molecular flexibility index (Phi) is 4.17. The van der Waals surface area contributed by atoms with E-state index >= 15 is 0 Å². The van der Waals surface area contributed by atoms with Crippen molar-refractivity contribution >= 4 is 22.2 Å². The van der Waals surface area contributed by atoms with Crippen molar-refractivity contribution in [1.29, 1.82) is 0 Å². The van der Waals surface area contributed by atoms with Gasteiger partial charge in [0.2, 0.25) is 0 Å². The van der Waals surface area contributed by atoms with Crippen molar-refractivity contribution in [3.8, 4) is 33.1 Å². The molecule has 0 unspecified atom stereocenters. The van der Waals surface area contributed by atoms with Gasteiger partial charge in [-0.3, -0.25) is 0 Å². The highest BCUT2D eigenvalue weighted by Gasteiger charge is 2.15. The third-order valence-electron chi connectivity index (χ3n) is 4.75. The van der Waals surface area contributed by atoms with Crippen molar-refractivity contribution < 1.29 is 8.78 Å². The molecule has 5 aromatic rings. The number of nitrogens with zero attached hydrogens (tertiary/aromatic N) is 3. The van der Waals surface area contributed by atoms with Crippen LogP contribution in [-0.4, -0.2) is 20.2 Å². The molecule has 3 heterocycles. The zero-order valence-corrected chi connectivity index (χ0v) is 16.1. The Hall–Kier alpha value is -3.45. The maximum Gasteiger partial charge on any atom is 0.135 e. The summed E-state index contributed by atoms with van der Waals surface area (Å²) in [6.07, 6.45) is 3.33. The Morgan fingerprint density at radius 3 is 2.52 bits per heavy atom. The number of thiazole rings is 1. The minimum absolute atomic E-state index is 0.0532. The molecule has 0 radical (unpaired) electrons. The molecule has 0 atom stereocenters. The molecule has 29 heavy (non-hydrogen) atoms. The molecule has 0 spiro atoms. The van der Waals surface area contributed by atoms with Gasteiger partial charge in [0.15, 0.2) is 0 Å². The molecule has 0 bridgehead atoms. The molecule has 0 saturated heterocycles. The molecule has 0 aliphatic rings. The molecule has 5 rings (SSSR count). The summed E-state index contributed by atoms with van der Waals surface area (Å²) in [5.74, 6) is -1.19. The third-order valence-corrected chi connectivity index (χ3v) is 5.77. The van der Waals surface area contributed by atoms with E-state index in [9.17, 15) is 8.78 Å². The van der Waals surface area contributed by atoms with Gasteiger partial charge in [0, 0.05) is 26.9 Å². The van der Waals surface area contributed by atoms with Crippen LogP contribution in [0.3, 0.4) is 0 Å². The third kappa shape index (κ3) is 3.09. The summed E-state index contributed by atoms with van der Waals surface area (Å²) >= 11 is 1.59. The highest BCUT2D eigenvalue weighted by atomic mass is 32.1. The Labute approximate surface area is 168 Å². The Bertz CT molecular complexity index is 1320. The van der Waals surface area contributed by atoms with Gasteiger partial charge in [-0.15, -0.1) is 11.3 Å². The van der Waals surface area contributed by atoms with Gasteiger partial charge in [0.05, 0.1) is 29.3 Å². The number of hydrogen-bond donors (Lipinski definition) is 1. The first-order valence-corrected chi connectivity index (χ1v) is 9.74. The summed E-state index contributed by atoms with van der Waals surface area (Å²) in [5.41, 5.74) is 3.90. The Morgan fingerprint density at radius 1 is 0.931 bits per heavy atom. The van der Waals surface area contributed by atoms with Gasteiger partial charge < -0.3 is 4.98 Å². The van der Waals surface area contributed by atoms with E-state index in [-0.39, 0.29) is 5.56 Å². The Balaban J connectivity index is 1.59. The molecule has 0 saturated carbocycles. The summed E-state index contributed by atoms with van der Waals surface area (Å²) in [6, 6.07) is 13.3. The molecule has 0 aliphatic carbocycles. The first kappa shape index (κ1) is 17.6. The van der Waals surface area contributed by atoms with Crippen LogP contribution >= 0.6 is 11.3 Å². The summed E-state index contributed by atoms with van der Waals surface area (Å²) in [5, 5.41) is 9.44. The van der Waals surface area contributed by atoms with E-state index in [4.69, 9.17) is 4.98 Å². The fourth-order valence-electron chi connectivity index (χ4n) is 3.37. The highest BCUT2D eigenvalue weighted by Crippen LogP contribution is 2.35. The predicted octanol–water partition coefficient (Wildman–Crippen LogP) is 6.00. The first-order valence-electron chi connectivity index (χ1n) is 8.92. The molecule has 1 N–H and O–H groups in total. The number of H-pyrrole nitrogens is 1. The topological polar surface area (TPSA) is 54.5 Å². The zero-order chi connectivity index (χ0) is 20.0. The lowest BCUT2D eigenvalue weighted by atomic mass is 10.1. The maximum atomic E-state index is 14.1. The van der Waals surface area contributed by atoms with Crippen molar-refractivity contribution in [2.75, 3.05) is 0 Å². The van der Waals surface area contributed by atoms with Gasteiger partial charge in [0.25, 0.3) is 0 Å². The van der Waals surface area contributed by atoms with Crippen LogP contribution < -0.4 is 0 Å². The number of fused-ring (bicyclic) bond motifs is 1. The largest absolute Gasteiger partial charge is 0.354 e. The van der Waals surface area contributed by atoms with E-state index < -0.39 is 11.6 Å². The van der Waals surface area contributed by atoms with Gasteiger partial charge in [-0.25, -0.2) is 13.8 Å². The molecule has 3 aromatic heterocycles. The smallest absolute Gasteiger partial charge is 0.135 e. The molecule has 2 aromatic carbocycles. The van der Waals surface area contributed by atoms with Crippen molar-refractivity contribution in [2.45, 2.75) is 6.92 Å². The van der Waals surface area contributed by atoms with Crippen molar-refractivity contribution in [1.82, 2.24) is 20.2 Å². The van der Waals surface area contributed by atoms with Gasteiger partial charge in [0.1, 0.15) is 16.6 Å². The second-order valence-corrected chi connectivity index (χ2v) is 7.84. The first-order chi connectivity index (χ1) is 14.1. The van der Waals surface area contributed by atoms with Gasteiger partial charge in [-0.2, -0.15) is 10.2 Å². The predicted molar refractivity (Wildman–Crippen MR) is 111 cm³/mol. The number of aromatic nitrogens is 4. The average molecular weight is 404 g/mol. The second-order valence-electron chi connectivity index (χ2n) is 6.64. The monoisotopic (exact) mass is 404 g/mol. The second kappa shape index (κ2) is 6.86. The number of rotatable bonds is 3. The number of aromatic amines is 1. The van der Waals surface area contributed by atoms with Crippen LogP contribution in [0.15, 0.2) is 60.9 Å². The number of hydrogen-bond acceptors (Lipinski definition) is 4. The van der Waals surface area contributed by atoms with Crippen LogP contribution in [0.2, 0.25) is 0 Å². The van der Waals surface area contributed by atoms with Crippen molar-refractivity contribution in [3.05, 3.63) is 77.4 Å². The standard InChI is InChI=1S/C22H14F2N4S/c1-12-21(28-22(29-12)14-7-8-25-26-11-14)13-5-6-18-15(9-13)10-19(27-18)20-16(23)3-2-4-17(20)24/h2-11,27H,1H3. The number of halogens is 2. The molecular formula is C22H14F2N4S. The minimum atomic E-state index is -0.595. The molecule has 142 valence electrons. The molecular weight excluding hydrogens is 390 g/mol. The fourth-order valence-corrected chi connectivity index (χ4v) is 4.30. The molecule has 0 amide bonds. The quantitative estimate of drug-likeness (QED) is 0.401. The van der Waals surface area contributed by atoms with Gasteiger partial charge >= 0.3 is 0 Å². The van der Waals surface area contributed by atoms with E-state index in [0.717, 1.165) is 37.6 Å². The van der Waals surface area contributed by atoms with Gasteiger partial charge in [-0.1, -0.05) is 12.1 Å². The van der Waals surface area contributed by atoms with Gasteiger partial charge in [-0.05, 0) is 43.3 Å². The van der Waals surface area contributed by atoms with E-state index in [1.807, 2.05) is 31.2 Å². The SMILES string of the molecule is Cc1sc(-c2ccnnc2)nc1-c1ccc2[nH]c(-c3c(F)cccc3F)cc2c1. The van der Waals surface area contributed by atoms with E-state index in [2.05, 4.69) is 15.2 Å². The minimum Gasteiger partial charge on any atom is -0.354 e. The molecule has 7 heteroatoms. The normalized spacial score (nSPS) is 11.3. The number of aryl methyl sites for hydroxylation is 1. The van der Waals surface area contributed by atoms with Crippen LogP contribution in [0.4, 0.5) is 8.78 Å². The van der Waals surface area contributed by atoms with Crippen molar-refractivity contribution in [2.24, 2.45) is 0 Å². The van der Waals surface area contributed by atoms with E-state index in [1.54, 1.807) is 29.8 Å². The molecule has 0 fully saturated rings. The van der Waals surface area contributed by atoms with Crippen LogP contribution in [-0.2, 0) is 0 Å². The maximum absolute atomic E-state index is 14.1. The van der Waals surface area contributed by atoms with E-state index in [0.29, 0.717) is 5.69 Å². The number of benzene rings is 2. The van der Waals surface area contributed by atoms with Crippen LogP contribution in [0.25, 0.3) is 44.0 Å². The van der Waals surface area contributed by atoms with Crippen LogP contribution in [0, 0.1) is 18.6 Å². The lowest BCUT2D eigenvalue weighted by molar-refractivity contribution is 0.589. The zero-order valence-electron chi connectivity index (χ0n) is 15.3. The van der Waals surface area contributed by atoms with Crippen molar-refractivity contribution in [3.63, 3.8) is 0 Å².